The van der Waals surface area contributed by atoms with E-state index in [0.29, 0.717) is 19.8 Å². The Hall–Kier alpha value is -0.650. The van der Waals surface area contributed by atoms with E-state index in [4.69, 9.17) is 9.47 Å². The molecule has 1 aliphatic heterocycles. The number of hydrogen-bond acceptors (Lipinski definition) is 4. The van der Waals surface area contributed by atoms with Gasteiger partial charge in [-0.25, -0.2) is 0 Å². The highest BCUT2D eigenvalue weighted by molar-refractivity contribution is 5.81. The van der Waals surface area contributed by atoms with E-state index in [0.717, 1.165) is 32.2 Å². The topological polar surface area (TPSA) is 59.6 Å². The summed E-state index contributed by atoms with van der Waals surface area (Å²) in [6, 6.07) is 0.0135. The van der Waals surface area contributed by atoms with E-state index < -0.39 is 0 Å². The van der Waals surface area contributed by atoms with Crippen LogP contribution in [0, 0.1) is 0 Å². The zero-order valence-electron chi connectivity index (χ0n) is 11.5. The van der Waals surface area contributed by atoms with Crippen LogP contribution in [0.4, 0.5) is 0 Å². The van der Waals surface area contributed by atoms with Gasteiger partial charge in [0.25, 0.3) is 0 Å². The first-order valence-electron chi connectivity index (χ1n) is 7.02. The average Bonchev–Trinajstić information content (AvgIpc) is 2.88. The summed E-state index contributed by atoms with van der Waals surface area (Å²) < 4.78 is 10.9. The lowest BCUT2D eigenvalue weighted by Gasteiger charge is -2.17. The van der Waals surface area contributed by atoms with Gasteiger partial charge in [-0.1, -0.05) is 0 Å². The molecule has 1 aliphatic rings. The van der Waals surface area contributed by atoms with Crippen molar-refractivity contribution in [2.75, 3.05) is 26.3 Å². The number of amides is 1. The summed E-state index contributed by atoms with van der Waals surface area (Å²) in [7, 11) is 0. The van der Waals surface area contributed by atoms with E-state index in [2.05, 4.69) is 10.6 Å². The monoisotopic (exact) mass is 258 g/mol. The number of carbonyl (C=O) groups is 1. The first-order valence-corrected chi connectivity index (χ1v) is 7.02. The van der Waals surface area contributed by atoms with Gasteiger partial charge in [-0.2, -0.15) is 0 Å². The van der Waals surface area contributed by atoms with Crippen molar-refractivity contribution in [3.8, 4) is 0 Å². The summed E-state index contributed by atoms with van der Waals surface area (Å²) in [6.45, 7) is 6.87. The molecule has 0 aromatic carbocycles. The molecule has 5 heteroatoms. The summed E-state index contributed by atoms with van der Waals surface area (Å²) in [5.74, 6) is 0.122. The fraction of sp³-hybridized carbons (Fsp3) is 0.923. The maximum Gasteiger partial charge on any atom is 0.237 e. The molecule has 1 saturated heterocycles. The van der Waals surface area contributed by atoms with Crippen LogP contribution in [0.15, 0.2) is 0 Å². The molecule has 0 aromatic rings. The van der Waals surface area contributed by atoms with E-state index >= 15 is 0 Å². The van der Waals surface area contributed by atoms with Gasteiger partial charge in [-0.05, 0) is 39.7 Å². The Labute approximate surface area is 110 Å². The zero-order chi connectivity index (χ0) is 13.2. The van der Waals surface area contributed by atoms with Crippen LogP contribution < -0.4 is 10.6 Å². The van der Waals surface area contributed by atoms with Gasteiger partial charge >= 0.3 is 0 Å². The first-order chi connectivity index (χ1) is 8.77. The second-order valence-electron chi connectivity index (χ2n) is 4.42. The van der Waals surface area contributed by atoms with Crippen LogP contribution >= 0.6 is 0 Å². The molecule has 0 radical (unpaired) electrons. The van der Waals surface area contributed by atoms with E-state index in [1.165, 1.54) is 0 Å². The number of hydrogen-bond donors (Lipinski definition) is 2. The lowest BCUT2D eigenvalue weighted by atomic mass is 10.2. The minimum Gasteiger partial charge on any atom is -0.355 e. The highest BCUT2D eigenvalue weighted by atomic mass is 16.7. The molecule has 2 N–H and O–H groups in total. The third-order valence-electron chi connectivity index (χ3n) is 3.00. The quantitative estimate of drug-likeness (QED) is 0.479. The second-order valence-corrected chi connectivity index (χ2v) is 4.42. The van der Waals surface area contributed by atoms with Crippen LogP contribution in [-0.2, 0) is 14.3 Å². The van der Waals surface area contributed by atoms with Crippen LogP contribution in [0.25, 0.3) is 0 Å². The van der Waals surface area contributed by atoms with Gasteiger partial charge in [0.2, 0.25) is 5.91 Å². The van der Waals surface area contributed by atoms with E-state index in [9.17, 15) is 4.79 Å². The minimum atomic E-state index is -0.137. The minimum absolute atomic E-state index is 0.0135. The molecule has 0 spiro atoms. The third kappa shape index (κ3) is 5.80. The predicted molar refractivity (Wildman–Crippen MR) is 70.3 cm³/mol. The number of nitrogens with one attached hydrogen (secondary N) is 2. The molecular weight excluding hydrogens is 232 g/mol. The molecule has 0 aliphatic carbocycles. The Morgan fingerprint density at radius 2 is 2.11 bits per heavy atom. The Bertz CT molecular complexity index is 224. The highest BCUT2D eigenvalue weighted by Crippen LogP contribution is 2.06. The van der Waals surface area contributed by atoms with Crippen LogP contribution in [0.3, 0.4) is 0 Å². The Balaban J connectivity index is 2.07. The summed E-state index contributed by atoms with van der Waals surface area (Å²) in [5, 5.41) is 6.14. The van der Waals surface area contributed by atoms with Gasteiger partial charge in [0.1, 0.15) is 0 Å². The van der Waals surface area contributed by atoms with E-state index in [1.54, 1.807) is 0 Å². The van der Waals surface area contributed by atoms with Crippen molar-refractivity contribution < 1.29 is 14.3 Å². The number of carbonyl (C=O) groups excluding carboxylic acids is 1. The van der Waals surface area contributed by atoms with Crippen molar-refractivity contribution in [3.05, 3.63) is 0 Å². The fourth-order valence-corrected chi connectivity index (χ4v) is 2.10. The van der Waals surface area contributed by atoms with Crippen molar-refractivity contribution in [2.24, 2.45) is 0 Å². The first kappa shape index (κ1) is 15.4. The van der Waals surface area contributed by atoms with Crippen LogP contribution in [0.1, 0.15) is 39.5 Å². The van der Waals surface area contributed by atoms with E-state index in [1.807, 2.05) is 13.8 Å². The molecular formula is C13H26N2O3. The van der Waals surface area contributed by atoms with Crippen molar-refractivity contribution in [1.29, 1.82) is 0 Å². The standard InChI is InChI=1S/C13H26N2O3/c1-3-17-12(18-4-2)8-6-10-15-13(16)11-7-5-9-14-11/h11-12,14H,3-10H2,1-2H3,(H,15,16)/t11-/m0/s1. The van der Waals surface area contributed by atoms with Gasteiger partial charge in [0.15, 0.2) is 6.29 Å². The molecule has 0 aromatic heterocycles. The maximum atomic E-state index is 11.7. The Morgan fingerprint density at radius 3 is 2.67 bits per heavy atom. The Morgan fingerprint density at radius 1 is 1.39 bits per heavy atom. The van der Waals surface area contributed by atoms with Gasteiger partial charge in [0.05, 0.1) is 6.04 Å². The van der Waals surface area contributed by atoms with Gasteiger partial charge < -0.3 is 20.1 Å². The third-order valence-corrected chi connectivity index (χ3v) is 3.00. The van der Waals surface area contributed by atoms with E-state index in [-0.39, 0.29) is 18.2 Å². The number of ether oxygens (including phenoxy) is 2. The van der Waals surface area contributed by atoms with Gasteiger partial charge in [-0.15, -0.1) is 0 Å². The average molecular weight is 258 g/mol. The molecule has 106 valence electrons. The zero-order valence-corrected chi connectivity index (χ0v) is 11.5. The SMILES string of the molecule is CCOC(CCCNC(=O)[C@@H]1CCCN1)OCC. The predicted octanol–water partition coefficient (Wildman–Crippen LogP) is 1.03. The molecule has 1 atom stereocenters. The molecule has 0 bridgehead atoms. The van der Waals surface area contributed by atoms with Crippen LogP contribution in [-0.4, -0.2) is 44.5 Å². The molecule has 0 saturated carbocycles. The smallest absolute Gasteiger partial charge is 0.237 e. The molecule has 1 heterocycles. The molecule has 5 nitrogen and oxygen atoms in total. The normalized spacial score (nSPS) is 19.4. The molecule has 1 fully saturated rings. The van der Waals surface area contributed by atoms with Crippen LogP contribution in [0.5, 0.6) is 0 Å². The summed E-state index contributed by atoms with van der Waals surface area (Å²) in [5.41, 5.74) is 0. The molecule has 1 rings (SSSR count). The highest BCUT2D eigenvalue weighted by Gasteiger charge is 2.21. The summed E-state index contributed by atoms with van der Waals surface area (Å²) in [6.07, 6.45) is 3.60. The molecule has 18 heavy (non-hydrogen) atoms. The lowest BCUT2D eigenvalue weighted by molar-refractivity contribution is -0.140. The second kappa shape index (κ2) is 9.30. The van der Waals surface area contributed by atoms with Crippen molar-refractivity contribution in [2.45, 2.75) is 51.9 Å². The van der Waals surface area contributed by atoms with Gasteiger partial charge in [0, 0.05) is 26.2 Å². The fourth-order valence-electron chi connectivity index (χ4n) is 2.10. The van der Waals surface area contributed by atoms with Gasteiger partial charge in [-0.3, -0.25) is 4.79 Å². The maximum absolute atomic E-state index is 11.7. The summed E-state index contributed by atoms with van der Waals surface area (Å²) >= 11 is 0. The molecule has 1 amide bonds. The van der Waals surface area contributed by atoms with Crippen molar-refractivity contribution >= 4 is 5.91 Å². The number of rotatable bonds is 9. The molecule has 0 unspecified atom stereocenters. The lowest BCUT2D eigenvalue weighted by Crippen LogP contribution is -2.40. The largest absolute Gasteiger partial charge is 0.355 e. The Kier molecular flexibility index (Phi) is 7.96. The van der Waals surface area contributed by atoms with Crippen molar-refractivity contribution in [3.63, 3.8) is 0 Å². The van der Waals surface area contributed by atoms with Crippen LogP contribution in [0.2, 0.25) is 0 Å². The van der Waals surface area contributed by atoms with Crippen molar-refractivity contribution in [1.82, 2.24) is 10.6 Å². The summed E-state index contributed by atoms with van der Waals surface area (Å²) in [4.78, 5) is 11.7.